The minimum absolute atomic E-state index is 0.0241. The van der Waals surface area contributed by atoms with Crippen molar-refractivity contribution in [2.24, 2.45) is 0 Å². The zero-order chi connectivity index (χ0) is 20.5. The van der Waals surface area contributed by atoms with Crippen molar-refractivity contribution in [3.63, 3.8) is 0 Å². The van der Waals surface area contributed by atoms with Crippen LogP contribution in [0, 0.1) is 0 Å². The van der Waals surface area contributed by atoms with Crippen molar-refractivity contribution in [3.05, 3.63) is 34.3 Å². The molecule has 0 bridgehead atoms. The van der Waals surface area contributed by atoms with Gasteiger partial charge in [0.05, 0.1) is 13.1 Å². The monoisotopic (exact) mass is 452 g/mol. The van der Waals surface area contributed by atoms with Crippen molar-refractivity contribution in [1.82, 2.24) is 20.0 Å². The number of amides is 3. The zero-order valence-electron chi connectivity index (χ0n) is 16.6. The first kappa shape index (κ1) is 22.4. The van der Waals surface area contributed by atoms with Gasteiger partial charge in [0, 0.05) is 49.3 Å². The third kappa shape index (κ3) is 6.60. The van der Waals surface area contributed by atoms with Crippen molar-refractivity contribution in [2.45, 2.75) is 20.3 Å². The van der Waals surface area contributed by atoms with Gasteiger partial charge in [-0.1, -0.05) is 22.0 Å². The number of hydrogen-bond acceptors (Lipinski definition) is 4. The Hall–Kier alpha value is -1.93. The van der Waals surface area contributed by atoms with Crippen LogP contribution in [0.15, 0.2) is 28.7 Å². The highest BCUT2D eigenvalue weighted by Gasteiger charge is 2.22. The van der Waals surface area contributed by atoms with Crippen molar-refractivity contribution < 1.29 is 14.4 Å². The highest BCUT2D eigenvalue weighted by atomic mass is 79.9. The number of likely N-dealkylation sites (N-methyl/N-ethyl adjacent to an activating group) is 1. The van der Waals surface area contributed by atoms with Gasteiger partial charge in [0.15, 0.2) is 0 Å². The number of carbonyl (C=O) groups is 3. The van der Waals surface area contributed by atoms with E-state index in [0.717, 1.165) is 17.4 Å². The summed E-state index contributed by atoms with van der Waals surface area (Å²) in [5.74, 6) is -0.234. The minimum atomic E-state index is -0.268. The van der Waals surface area contributed by atoms with Crippen molar-refractivity contribution in [3.8, 4) is 0 Å². The second-order valence-corrected chi connectivity index (χ2v) is 7.69. The van der Waals surface area contributed by atoms with Gasteiger partial charge in [0.1, 0.15) is 0 Å². The van der Waals surface area contributed by atoms with Gasteiger partial charge < -0.3 is 15.1 Å². The third-order valence-electron chi connectivity index (χ3n) is 4.90. The number of nitrogens with zero attached hydrogens (tertiary/aromatic N) is 3. The first-order valence-electron chi connectivity index (χ1n) is 9.76. The quantitative estimate of drug-likeness (QED) is 0.681. The van der Waals surface area contributed by atoms with Gasteiger partial charge in [-0.25, -0.2) is 0 Å². The molecule has 0 atom stereocenters. The van der Waals surface area contributed by atoms with E-state index in [2.05, 4.69) is 26.1 Å². The molecule has 0 spiro atoms. The van der Waals surface area contributed by atoms with Crippen LogP contribution in [0.5, 0.6) is 0 Å². The Kier molecular flexibility index (Phi) is 8.92. The van der Waals surface area contributed by atoms with Crippen molar-refractivity contribution in [2.75, 3.05) is 52.4 Å². The zero-order valence-corrected chi connectivity index (χ0v) is 18.2. The maximum absolute atomic E-state index is 12.5. The van der Waals surface area contributed by atoms with Crippen LogP contribution in [0.2, 0.25) is 0 Å². The molecule has 1 aliphatic heterocycles. The summed E-state index contributed by atoms with van der Waals surface area (Å²) in [4.78, 5) is 42.7. The van der Waals surface area contributed by atoms with E-state index in [4.69, 9.17) is 0 Å². The lowest BCUT2D eigenvalue weighted by Gasteiger charge is -2.25. The van der Waals surface area contributed by atoms with E-state index in [-0.39, 0.29) is 24.3 Å². The maximum Gasteiger partial charge on any atom is 0.251 e. The van der Waals surface area contributed by atoms with Crippen LogP contribution in [0.1, 0.15) is 30.6 Å². The summed E-state index contributed by atoms with van der Waals surface area (Å²) in [6.45, 7) is 8.42. The summed E-state index contributed by atoms with van der Waals surface area (Å²) in [7, 11) is 0. The van der Waals surface area contributed by atoms with Crippen LogP contribution in [-0.2, 0) is 9.59 Å². The Bertz CT molecular complexity index is 694. The second kappa shape index (κ2) is 11.2. The van der Waals surface area contributed by atoms with Gasteiger partial charge in [-0.3, -0.25) is 19.3 Å². The van der Waals surface area contributed by atoms with E-state index in [1.165, 1.54) is 0 Å². The Balaban J connectivity index is 1.80. The predicted molar refractivity (Wildman–Crippen MR) is 112 cm³/mol. The molecule has 28 heavy (non-hydrogen) atoms. The van der Waals surface area contributed by atoms with E-state index in [1.807, 2.05) is 24.8 Å². The smallest absolute Gasteiger partial charge is 0.251 e. The molecule has 1 heterocycles. The third-order valence-corrected chi connectivity index (χ3v) is 5.40. The van der Waals surface area contributed by atoms with E-state index < -0.39 is 0 Å². The lowest BCUT2D eigenvalue weighted by Crippen LogP contribution is -2.43. The Morgan fingerprint density at radius 2 is 1.86 bits per heavy atom. The Morgan fingerprint density at radius 3 is 2.54 bits per heavy atom. The Labute approximate surface area is 175 Å². The fraction of sp³-hybridized carbons (Fsp3) is 0.550. The van der Waals surface area contributed by atoms with Crippen LogP contribution in [-0.4, -0.2) is 84.8 Å². The number of nitrogens with one attached hydrogen (secondary N) is 1. The summed E-state index contributed by atoms with van der Waals surface area (Å²) in [5, 5.41) is 2.69. The first-order chi connectivity index (χ1) is 13.4. The molecule has 1 aromatic rings. The second-order valence-electron chi connectivity index (χ2n) is 6.77. The molecule has 0 saturated carbocycles. The van der Waals surface area contributed by atoms with Gasteiger partial charge in [0.25, 0.3) is 5.91 Å². The van der Waals surface area contributed by atoms with E-state index in [1.54, 1.807) is 23.1 Å². The van der Waals surface area contributed by atoms with Crippen LogP contribution in [0.4, 0.5) is 0 Å². The molecule has 2 rings (SSSR count). The molecule has 1 N–H and O–H groups in total. The van der Waals surface area contributed by atoms with Crippen LogP contribution < -0.4 is 5.32 Å². The number of hydrogen-bond donors (Lipinski definition) is 1. The molecule has 1 saturated heterocycles. The standard InChI is InChI=1S/C20H29BrN4O3/c1-3-24(4-2)19(27)15-23-9-6-10-25(12-11-23)18(26)14-22-20(28)16-7-5-8-17(21)13-16/h5,7-8,13H,3-4,6,9-12,14-15H2,1-2H3,(H,22,28). The SMILES string of the molecule is CCN(CC)C(=O)CN1CCCN(C(=O)CNC(=O)c2cccc(Br)c2)CC1. The van der Waals surface area contributed by atoms with Crippen molar-refractivity contribution >= 4 is 33.7 Å². The maximum atomic E-state index is 12.5. The van der Waals surface area contributed by atoms with Gasteiger partial charge in [0.2, 0.25) is 11.8 Å². The summed E-state index contributed by atoms with van der Waals surface area (Å²) in [6, 6.07) is 7.05. The summed E-state index contributed by atoms with van der Waals surface area (Å²) < 4.78 is 0.818. The van der Waals surface area contributed by atoms with E-state index in [0.29, 0.717) is 44.8 Å². The molecular formula is C20H29BrN4O3. The topological polar surface area (TPSA) is 73.0 Å². The van der Waals surface area contributed by atoms with Crippen LogP contribution in [0.3, 0.4) is 0 Å². The van der Waals surface area contributed by atoms with E-state index >= 15 is 0 Å². The van der Waals surface area contributed by atoms with Gasteiger partial charge in [-0.2, -0.15) is 0 Å². The van der Waals surface area contributed by atoms with Gasteiger partial charge in [-0.15, -0.1) is 0 Å². The molecule has 0 unspecified atom stereocenters. The average Bonchev–Trinajstić information content (AvgIpc) is 2.92. The molecule has 0 aliphatic carbocycles. The van der Waals surface area contributed by atoms with Crippen LogP contribution in [0.25, 0.3) is 0 Å². The normalized spacial score (nSPS) is 15.0. The predicted octanol–water partition coefficient (Wildman–Crippen LogP) is 1.58. The number of benzene rings is 1. The molecule has 1 fully saturated rings. The fourth-order valence-electron chi connectivity index (χ4n) is 3.25. The molecule has 0 aromatic heterocycles. The summed E-state index contributed by atoms with van der Waals surface area (Å²) in [6.07, 6.45) is 0.816. The lowest BCUT2D eigenvalue weighted by molar-refractivity contribution is -0.132. The molecule has 7 nitrogen and oxygen atoms in total. The van der Waals surface area contributed by atoms with Crippen molar-refractivity contribution in [1.29, 1.82) is 0 Å². The number of halogens is 1. The molecule has 1 aliphatic rings. The Morgan fingerprint density at radius 1 is 1.11 bits per heavy atom. The van der Waals surface area contributed by atoms with Gasteiger partial charge >= 0.3 is 0 Å². The number of carbonyl (C=O) groups excluding carboxylic acids is 3. The first-order valence-corrected chi connectivity index (χ1v) is 10.6. The van der Waals surface area contributed by atoms with Gasteiger partial charge in [-0.05, 0) is 38.5 Å². The molecule has 154 valence electrons. The minimum Gasteiger partial charge on any atom is -0.343 e. The fourth-order valence-corrected chi connectivity index (χ4v) is 3.64. The molecule has 0 radical (unpaired) electrons. The number of rotatable bonds is 7. The van der Waals surface area contributed by atoms with E-state index in [9.17, 15) is 14.4 Å². The highest BCUT2D eigenvalue weighted by Crippen LogP contribution is 2.11. The summed E-state index contributed by atoms with van der Waals surface area (Å²) in [5.41, 5.74) is 0.513. The largest absolute Gasteiger partial charge is 0.343 e. The average molecular weight is 453 g/mol. The van der Waals surface area contributed by atoms with Crippen LogP contribution >= 0.6 is 15.9 Å². The molecule has 8 heteroatoms. The molecule has 3 amide bonds. The summed E-state index contributed by atoms with van der Waals surface area (Å²) >= 11 is 3.34. The molecule has 1 aromatic carbocycles. The molecular weight excluding hydrogens is 424 g/mol. The highest BCUT2D eigenvalue weighted by molar-refractivity contribution is 9.10. The lowest BCUT2D eigenvalue weighted by atomic mass is 10.2.